The number of amides is 1. The Morgan fingerprint density at radius 3 is 2.62 bits per heavy atom. The van der Waals surface area contributed by atoms with Gasteiger partial charge in [-0.3, -0.25) is 4.79 Å². The molecule has 3 nitrogen and oxygen atoms in total. The zero-order valence-electron chi connectivity index (χ0n) is 11.5. The number of ether oxygens (including phenoxy) is 1. The highest BCUT2D eigenvalue weighted by atomic mass is 127. The van der Waals surface area contributed by atoms with Gasteiger partial charge in [-0.2, -0.15) is 0 Å². The molecule has 0 heterocycles. The molecule has 21 heavy (non-hydrogen) atoms. The molecule has 2 rings (SSSR count). The van der Waals surface area contributed by atoms with Crippen molar-refractivity contribution in [3.05, 3.63) is 57.4 Å². The number of benzene rings is 2. The van der Waals surface area contributed by atoms with Crippen molar-refractivity contribution < 1.29 is 13.9 Å². The van der Waals surface area contributed by atoms with Crippen LogP contribution in [0, 0.1) is 16.3 Å². The second kappa shape index (κ2) is 7.40. The number of aryl methyl sites for hydroxylation is 1. The van der Waals surface area contributed by atoms with Gasteiger partial charge in [0.1, 0.15) is 11.6 Å². The summed E-state index contributed by atoms with van der Waals surface area (Å²) in [5.41, 5.74) is 1.83. The maximum absolute atomic E-state index is 12.7. The normalized spacial score (nSPS) is 10.2. The van der Waals surface area contributed by atoms with Crippen LogP contribution < -0.4 is 10.1 Å². The molecule has 5 heteroatoms. The van der Waals surface area contributed by atoms with Crippen molar-refractivity contribution in [3.8, 4) is 5.75 Å². The number of carbonyl (C=O) groups is 1. The van der Waals surface area contributed by atoms with Crippen LogP contribution in [0.5, 0.6) is 5.75 Å². The number of nitrogens with one attached hydrogen (secondary N) is 1. The smallest absolute Gasteiger partial charge is 0.227 e. The number of rotatable bonds is 5. The highest BCUT2D eigenvalue weighted by Crippen LogP contribution is 2.18. The van der Waals surface area contributed by atoms with Crippen molar-refractivity contribution in [1.82, 2.24) is 0 Å². The zero-order chi connectivity index (χ0) is 15.2. The minimum atomic E-state index is -0.311. The quantitative estimate of drug-likeness (QED) is 0.768. The Morgan fingerprint density at radius 1 is 1.24 bits per heavy atom. The monoisotopic (exact) mass is 399 g/mol. The fourth-order valence-corrected chi connectivity index (χ4v) is 2.42. The van der Waals surface area contributed by atoms with E-state index < -0.39 is 0 Å². The first-order chi connectivity index (χ1) is 10.0. The van der Waals surface area contributed by atoms with Crippen LogP contribution in [0.3, 0.4) is 0 Å². The number of hydrogen-bond donors (Lipinski definition) is 1. The molecule has 0 aliphatic carbocycles. The molecule has 0 saturated carbocycles. The maximum Gasteiger partial charge on any atom is 0.227 e. The van der Waals surface area contributed by atoms with Crippen LogP contribution >= 0.6 is 22.6 Å². The topological polar surface area (TPSA) is 38.3 Å². The maximum atomic E-state index is 12.7. The first-order valence-corrected chi connectivity index (χ1v) is 7.57. The Labute approximate surface area is 136 Å². The molecule has 1 N–H and O–H groups in total. The Kier molecular flexibility index (Phi) is 5.55. The molecule has 0 aliphatic rings. The molecule has 0 aromatic heterocycles. The van der Waals surface area contributed by atoms with Gasteiger partial charge in [0.25, 0.3) is 0 Å². The van der Waals surface area contributed by atoms with Crippen LogP contribution in [0.15, 0.2) is 42.5 Å². The largest absolute Gasteiger partial charge is 0.493 e. The molecule has 0 radical (unpaired) electrons. The Hall–Kier alpha value is -1.63. The number of anilines is 1. The molecule has 2 aromatic rings. The summed E-state index contributed by atoms with van der Waals surface area (Å²) in [4.78, 5) is 11.8. The summed E-state index contributed by atoms with van der Waals surface area (Å²) in [6.45, 7) is 2.20. The lowest BCUT2D eigenvalue weighted by atomic mass is 10.2. The predicted octanol–water partition coefficient (Wildman–Crippen LogP) is 4.15. The predicted molar refractivity (Wildman–Crippen MR) is 89.0 cm³/mol. The molecular formula is C16H15FINO2. The summed E-state index contributed by atoms with van der Waals surface area (Å²) >= 11 is 2.23. The Bertz CT molecular complexity index is 629. The third-order valence-electron chi connectivity index (χ3n) is 2.87. The summed E-state index contributed by atoms with van der Waals surface area (Å²) in [6.07, 6.45) is 0.239. The summed E-state index contributed by atoms with van der Waals surface area (Å²) in [5, 5.41) is 2.85. The molecular weight excluding hydrogens is 384 g/mol. The molecule has 2 aromatic carbocycles. The molecule has 0 saturated heterocycles. The van der Waals surface area contributed by atoms with Crippen molar-refractivity contribution in [2.24, 2.45) is 0 Å². The van der Waals surface area contributed by atoms with Crippen molar-refractivity contribution in [3.63, 3.8) is 0 Å². The molecule has 0 aliphatic heterocycles. The highest BCUT2D eigenvalue weighted by Gasteiger charge is 2.05. The van der Waals surface area contributed by atoms with Crippen LogP contribution in [-0.4, -0.2) is 12.5 Å². The second-order valence-electron chi connectivity index (χ2n) is 4.56. The van der Waals surface area contributed by atoms with Gasteiger partial charge in [-0.15, -0.1) is 0 Å². The van der Waals surface area contributed by atoms with Crippen LogP contribution in [0.1, 0.15) is 12.0 Å². The average Bonchev–Trinajstić information content (AvgIpc) is 2.44. The van der Waals surface area contributed by atoms with E-state index in [-0.39, 0.29) is 24.8 Å². The molecule has 0 unspecified atom stereocenters. The van der Waals surface area contributed by atoms with E-state index in [4.69, 9.17) is 4.74 Å². The summed E-state index contributed by atoms with van der Waals surface area (Å²) in [5.74, 6) is 0.130. The van der Waals surface area contributed by atoms with Gasteiger partial charge in [0.15, 0.2) is 0 Å². The molecule has 0 bridgehead atoms. The van der Waals surface area contributed by atoms with E-state index in [1.807, 2.05) is 25.1 Å². The van der Waals surface area contributed by atoms with Crippen LogP contribution in [0.25, 0.3) is 0 Å². The minimum Gasteiger partial charge on any atom is -0.493 e. The van der Waals surface area contributed by atoms with E-state index in [1.165, 1.54) is 24.3 Å². The molecule has 0 fully saturated rings. The lowest BCUT2D eigenvalue weighted by Crippen LogP contribution is -2.15. The van der Waals surface area contributed by atoms with Gasteiger partial charge < -0.3 is 10.1 Å². The molecule has 0 spiro atoms. The van der Waals surface area contributed by atoms with Crippen LogP contribution in [0.4, 0.5) is 10.1 Å². The SMILES string of the molecule is Cc1cc(I)ccc1NC(=O)CCOc1ccc(F)cc1. The minimum absolute atomic E-state index is 0.110. The third kappa shape index (κ3) is 5.00. The highest BCUT2D eigenvalue weighted by molar-refractivity contribution is 14.1. The van der Waals surface area contributed by atoms with Gasteiger partial charge in [0, 0.05) is 9.26 Å². The van der Waals surface area contributed by atoms with Gasteiger partial charge in [-0.25, -0.2) is 4.39 Å². The van der Waals surface area contributed by atoms with Crippen molar-refractivity contribution in [2.75, 3.05) is 11.9 Å². The Balaban J connectivity index is 1.81. The van der Waals surface area contributed by atoms with Gasteiger partial charge in [0.2, 0.25) is 5.91 Å². The first kappa shape index (κ1) is 15.8. The second-order valence-corrected chi connectivity index (χ2v) is 5.81. The van der Waals surface area contributed by atoms with E-state index in [1.54, 1.807) is 0 Å². The standard InChI is InChI=1S/C16H15FINO2/c1-11-10-13(18)4-7-15(11)19-16(20)8-9-21-14-5-2-12(17)3-6-14/h2-7,10H,8-9H2,1H3,(H,19,20). The number of carbonyl (C=O) groups excluding carboxylic acids is 1. The summed E-state index contributed by atoms with van der Waals surface area (Å²) < 4.78 is 19.2. The van der Waals surface area contributed by atoms with Gasteiger partial charge in [0.05, 0.1) is 13.0 Å². The number of hydrogen-bond acceptors (Lipinski definition) is 2. The van der Waals surface area contributed by atoms with Crippen molar-refractivity contribution in [1.29, 1.82) is 0 Å². The van der Waals surface area contributed by atoms with Crippen molar-refractivity contribution >= 4 is 34.2 Å². The molecule has 0 atom stereocenters. The fourth-order valence-electron chi connectivity index (χ4n) is 1.77. The van der Waals surface area contributed by atoms with Gasteiger partial charge >= 0.3 is 0 Å². The lowest BCUT2D eigenvalue weighted by Gasteiger charge is -2.09. The average molecular weight is 399 g/mol. The van der Waals surface area contributed by atoms with E-state index in [2.05, 4.69) is 27.9 Å². The summed E-state index contributed by atoms with van der Waals surface area (Å²) in [6, 6.07) is 11.6. The Morgan fingerprint density at radius 2 is 1.95 bits per heavy atom. The van der Waals surface area contributed by atoms with Gasteiger partial charge in [-0.1, -0.05) is 0 Å². The first-order valence-electron chi connectivity index (χ1n) is 6.49. The zero-order valence-corrected chi connectivity index (χ0v) is 13.7. The van der Waals surface area contributed by atoms with E-state index in [0.29, 0.717) is 5.75 Å². The summed E-state index contributed by atoms with van der Waals surface area (Å²) in [7, 11) is 0. The fraction of sp³-hybridized carbons (Fsp3) is 0.188. The van der Waals surface area contributed by atoms with Crippen LogP contribution in [-0.2, 0) is 4.79 Å². The van der Waals surface area contributed by atoms with E-state index in [9.17, 15) is 9.18 Å². The number of halogens is 2. The van der Waals surface area contributed by atoms with E-state index >= 15 is 0 Å². The third-order valence-corrected chi connectivity index (χ3v) is 3.55. The molecule has 110 valence electrons. The lowest BCUT2D eigenvalue weighted by molar-refractivity contribution is -0.116. The van der Waals surface area contributed by atoms with Crippen LogP contribution in [0.2, 0.25) is 0 Å². The molecule has 1 amide bonds. The van der Waals surface area contributed by atoms with E-state index in [0.717, 1.165) is 14.8 Å². The van der Waals surface area contributed by atoms with Crippen molar-refractivity contribution in [2.45, 2.75) is 13.3 Å². The van der Waals surface area contributed by atoms with Gasteiger partial charge in [-0.05, 0) is 77.5 Å².